The molecule has 294 valence electrons. The van der Waals surface area contributed by atoms with E-state index in [1.54, 1.807) is 0 Å². The molecule has 0 saturated heterocycles. The summed E-state index contributed by atoms with van der Waals surface area (Å²) < 4.78 is 0. The molecule has 0 spiro atoms. The lowest BCUT2D eigenvalue weighted by Crippen LogP contribution is -2.27. The second kappa shape index (κ2) is 13.7. The molecule has 0 amide bonds. The zero-order chi connectivity index (χ0) is 42.0. The second-order valence-electron chi connectivity index (χ2n) is 17.5. The van der Waals surface area contributed by atoms with Crippen LogP contribution in [0.1, 0.15) is 111 Å². The number of hydrogen-bond donors (Lipinski definition) is 0. The predicted molar refractivity (Wildman–Crippen MR) is 247 cm³/mol. The van der Waals surface area contributed by atoms with Crippen molar-refractivity contribution in [1.29, 1.82) is 0 Å². The standard InChI is InChI=1S/C54H58N4/c1-26-30(5)38(13)51-43(34(26)9)22-44-35(10)27(2)31(6)39(14)52(44)57(51)48-24-56-25-49(50(48)42-20-18-19-21-47(42)55-17)58-53-40(15)32(7)28(3)36(11)45(53)23-46-37(12)29(4)33(8)41(16)54(46)58/h18-21,24-25H,22-23H2,1-16H3. The molecule has 0 N–H and O–H groups in total. The van der Waals surface area contributed by atoms with Gasteiger partial charge in [0.2, 0.25) is 0 Å². The van der Waals surface area contributed by atoms with Crippen LogP contribution in [0.4, 0.5) is 39.8 Å². The summed E-state index contributed by atoms with van der Waals surface area (Å²) in [4.78, 5) is 14.6. The zero-order valence-corrected chi connectivity index (χ0v) is 37.7. The molecule has 0 bridgehead atoms. The Morgan fingerprint density at radius 3 is 1.02 bits per heavy atom. The summed E-state index contributed by atoms with van der Waals surface area (Å²) in [5.41, 5.74) is 36.3. The molecule has 6 aromatic rings. The van der Waals surface area contributed by atoms with Gasteiger partial charge in [0.1, 0.15) is 0 Å². The Bertz CT molecular complexity index is 2560. The molecule has 2 aliphatic heterocycles. The Balaban J connectivity index is 1.62. The van der Waals surface area contributed by atoms with Crippen LogP contribution >= 0.6 is 0 Å². The van der Waals surface area contributed by atoms with E-state index in [0.29, 0.717) is 5.69 Å². The third-order valence-electron chi connectivity index (χ3n) is 15.4. The van der Waals surface area contributed by atoms with Crippen LogP contribution < -0.4 is 9.80 Å². The van der Waals surface area contributed by atoms with Crippen molar-refractivity contribution in [2.24, 2.45) is 0 Å². The number of para-hydroxylation sites is 1. The van der Waals surface area contributed by atoms with Gasteiger partial charge in [-0.05, 0) is 228 Å². The summed E-state index contributed by atoms with van der Waals surface area (Å²) in [6.45, 7) is 45.3. The van der Waals surface area contributed by atoms with Crippen LogP contribution in [0.3, 0.4) is 0 Å². The second-order valence-corrected chi connectivity index (χ2v) is 17.5. The number of hydrogen-bond acceptors (Lipinski definition) is 3. The van der Waals surface area contributed by atoms with E-state index in [1.165, 1.54) is 134 Å². The topological polar surface area (TPSA) is 23.7 Å². The molecule has 58 heavy (non-hydrogen) atoms. The van der Waals surface area contributed by atoms with E-state index < -0.39 is 0 Å². The van der Waals surface area contributed by atoms with Gasteiger partial charge in [0.25, 0.3) is 0 Å². The molecule has 2 aliphatic rings. The van der Waals surface area contributed by atoms with Crippen molar-refractivity contribution >= 4 is 39.8 Å². The fraction of sp³-hybridized carbons (Fsp3) is 0.333. The maximum absolute atomic E-state index is 8.57. The van der Waals surface area contributed by atoms with E-state index in [4.69, 9.17) is 11.6 Å². The van der Waals surface area contributed by atoms with Crippen molar-refractivity contribution in [3.63, 3.8) is 0 Å². The van der Waals surface area contributed by atoms with E-state index in [2.05, 4.69) is 150 Å². The van der Waals surface area contributed by atoms with E-state index in [9.17, 15) is 0 Å². The molecule has 0 atom stereocenters. The molecule has 3 heterocycles. The van der Waals surface area contributed by atoms with Crippen molar-refractivity contribution in [2.75, 3.05) is 9.80 Å². The highest BCUT2D eigenvalue weighted by molar-refractivity contribution is 6.05. The van der Waals surface area contributed by atoms with Crippen molar-refractivity contribution in [3.8, 4) is 11.1 Å². The summed E-state index contributed by atoms with van der Waals surface area (Å²) >= 11 is 0. The SMILES string of the molecule is [C-]#[N+]c1ccccc1-c1c(N2c3c(C)c(C)c(C)c(C)c3Cc3c(C)c(C)c(C)c(C)c32)cncc1N1c2c(C)c(C)c(C)c(C)c2Cc2c(C)c(C)c(C)c(C)c21. The van der Waals surface area contributed by atoms with Gasteiger partial charge < -0.3 is 9.80 Å². The Kier molecular flexibility index (Phi) is 9.28. The van der Waals surface area contributed by atoms with E-state index >= 15 is 0 Å². The molecule has 0 radical (unpaired) electrons. The highest BCUT2D eigenvalue weighted by atomic mass is 15.2. The van der Waals surface area contributed by atoms with Crippen LogP contribution in [0.2, 0.25) is 0 Å². The Morgan fingerprint density at radius 2 is 0.707 bits per heavy atom. The smallest absolute Gasteiger partial charge is 0.195 e. The quantitative estimate of drug-likeness (QED) is 0.168. The summed E-state index contributed by atoms with van der Waals surface area (Å²) in [5.74, 6) is 0. The summed E-state index contributed by atoms with van der Waals surface area (Å²) in [7, 11) is 0. The number of nitrogens with zero attached hydrogens (tertiary/aromatic N) is 4. The summed E-state index contributed by atoms with van der Waals surface area (Å²) in [5, 5.41) is 0. The summed E-state index contributed by atoms with van der Waals surface area (Å²) in [6.07, 6.45) is 5.92. The number of pyridine rings is 1. The zero-order valence-electron chi connectivity index (χ0n) is 37.7. The maximum Gasteiger partial charge on any atom is 0.195 e. The molecule has 5 aromatic carbocycles. The van der Waals surface area contributed by atoms with Crippen LogP contribution in [0.15, 0.2) is 36.7 Å². The minimum atomic E-state index is 0.632. The van der Waals surface area contributed by atoms with E-state index in [0.717, 1.165) is 35.3 Å². The van der Waals surface area contributed by atoms with Gasteiger partial charge in [0, 0.05) is 18.4 Å². The Morgan fingerprint density at radius 1 is 0.414 bits per heavy atom. The first-order valence-electron chi connectivity index (χ1n) is 20.9. The fourth-order valence-corrected chi connectivity index (χ4v) is 10.5. The number of fused-ring (bicyclic) bond motifs is 4. The first-order valence-corrected chi connectivity index (χ1v) is 20.9. The molecule has 4 nitrogen and oxygen atoms in total. The highest BCUT2D eigenvalue weighted by Crippen LogP contribution is 2.58. The monoisotopic (exact) mass is 762 g/mol. The van der Waals surface area contributed by atoms with Gasteiger partial charge in [-0.25, -0.2) is 4.85 Å². The molecule has 0 saturated carbocycles. The van der Waals surface area contributed by atoms with Gasteiger partial charge in [0.15, 0.2) is 5.69 Å². The number of anilines is 6. The average Bonchev–Trinajstić information content (AvgIpc) is 3.23. The highest BCUT2D eigenvalue weighted by Gasteiger charge is 2.38. The summed E-state index contributed by atoms with van der Waals surface area (Å²) in [6, 6.07) is 8.21. The number of rotatable bonds is 3. The molecule has 4 heteroatoms. The maximum atomic E-state index is 8.57. The van der Waals surface area contributed by atoms with Crippen LogP contribution in [-0.4, -0.2) is 4.98 Å². The molecule has 0 unspecified atom stereocenters. The largest absolute Gasteiger partial charge is 0.307 e. The lowest BCUT2D eigenvalue weighted by Gasteiger charge is -2.43. The lowest BCUT2D eigenvalue weighted by atomic mass is 9.80. The first kappa shape index (κ1) is 39.2. The van der Waals surface area contributed by atoms with Gasteiger partial charge in [-0.15, -0.1) is 0 Å². The van der Waals surface area contributed by atoms with Crippen LogP contribution in [0.5, 0.6) is 0 Å². The van der Waals surface area contributed by atoms with Gasteiger partial charge in [-0.1, -0.05) is 24.3 Å². The predicted octanol–water partition coefficient (Wildman–Crippen LogP) is 15.0. The third kappa shape index (κ3) is 5.21. The van der Waals surface area contributed by atoms with Crippen molar-refractivity contribution in [3.05, 3.63) is 159 Å². The first-order chi connectivity index (χ1) is 27.5. The molecule has 1 aromatic heterocycles. The van der Waals surface area contributed by atoms with E-state index in [1.807, 2.05) is 12.1 Å². The minimum Gasteiger partial charge on any atom is -0.307 e. The van der Waals surface area contributed by atoms with Gasteiger partial charge >= 0.3 is 0 Å². The van der Waals surface area contributed by atoms with Crippen molar-refractivity contribution in [2.45, 2.75) is 124 Å². The fourth-order valence-electron chi connectivity index (χ4n) is 10.5. The molecule has 8 rings (SSSR count). The molecule has 0 aliphatic carbocycles. The molecular formula is C54H58N4. The van der Waals surface area contributed by atoms with Gasteiger partial charge in [0.05, 0.1) is 53.1 Å². The van der Waals surface area contributed by atoms with E-state index in [-0.39, 0.29) is 0 Å². The normalized spacial score (nSPS) is 12.9. The molecule has 0 fully saturated rings. The Hall–Kier alpha value is -5.66. The average molecular weight is 763 g/mol. The number of aromatic nitrogens is 1. The lowest BCUT2D eigenvalue weighted by molar-refractivity contribution is 0.986. The van der Waals surface area contributed by atoms with Crippen LogP contribution in [-0.2, 0) is 12.8 Å². The van der Waals surface area contributed by atoms with Gasteiger partial charge in [-0.3, -0.25) is 4.98 Å². The van der Waals surface area contributed by atoms with Crippen molar-refractivity contribution in [1.82, 2.24) is 4.98 Å². The van der Waals surface area contributed by atoms with Gasteiger partial charge in [-0.2, -0.15) is 0 Å². The Labute approximate surface area is 347 Å². The minimum absolute atomic E-state index is 0.632. The third-order valence-corrected chi connectivity index (χ3v) is 15.4. The van der Waals surface area contributed by atoms with Crippen molar-refractivity contribution < 1.29 is 0 Å². The van der Waals surface area contributed by atoms with Crippen LogP contribution in [0.25, 0.3) is 16.0 Å². The van der Waals surface area contributed by atoms with Crippen LogP contribution in [0, 0.1) is 117 Å². The number of benzene rings is 5. The molecular weight excluding hydrogens is 705 g/mol.